The number of hydrogen-bond acceptors (Lipinski definition) is 7. The molecule has 0 atom stereocenters. The van der Waals surface area contributed by atoms with Crippen LogP contribution in [-0.4, -0.2) is 24.1 Å². The molecule has 0 aliphatic heterocycles. The number of aromatic nitrogens is 5. The van der Waals surface area contributed by atoms with Gasteiger partial charge in [0.15, 0.2) is 10.1 Å². The summed E-state index contributed by atoms with van der Waals surface area (Å²) >= 11 is 2.93. The number of nitrogens with zero attached hydrogens (tertiary/aromatic N) is 5. The lowest BCUT2D eigenvalue weighted by Crippen LogP contribution is -2.12. The van der Waals surface area contributed by atoms with Crippen molar-refractivity contribution in [1.82, 2.24) is 24.1 Å². The lowest BCUT2D eigenvalue weighted by molar-refractivity contribution is 0.734. The molecular formula is C11H12N6OS2. The Morgan fingerprint density at radius 2 is 2.30 bits per heavy atom. The molecule has 0 bridgehead atoms. The van der Waals surface area contributed by atoms with Crippen LogP contribution in [0.4, 0.5) is 0 Å². The van der Waals surface area contributed by atoms with E-state index in [1.165, 1.54) is 27.5 Å². The molecule has 104 valence electrons. The third kappa shape index (κ3) is 2.35. The molecule has 0 aromatic carbocycles. The highest BCUT2D eigenvalue weighted by molar-refractivity contribution is 7.98. The van der Waals surface area contributed by atoms with Gasteiger partial charge in [0.1, 0.15) is 5.82 Å². The van der Waals surface area contributed by atoms with E-state index in [9.17, 15) is 4.79 Å². The maximum atomic E-state index is 11.9. The molecule has 2 N–H and O–H groups in total. The monoisotopic (exact) mass is 308 g/mol. The summed E-state index contributed by atoms with van der Waals surface area (Å²) in [6.45, 7) is 0.352. The van der Waals surface area contributed by atoms with E-state index in [0.717, 1.165) is 16.7 Å². The van der Waals surface area contributed by atoms with E-state index in [1.807, 2.05) is 17.0 Å². The van der Waals surface area contributed by atoms with Crippen LogP contribution in [0, 0.1) is 0 Å². The van der Waals surface area contributed by atoms with Crippen LogP contribution in [0.5, 0.6) is 0 Å². The van der Waals surface area contributed by atoms with Gasteiger partial charge in [0, 0.05) is 30.4 Å². The molecule has 0 unspecified atom stereocenters. The van der Waals surface area contributed by atoms with Crippen molar-refractivity contribution < 1.29 is 0 Å². The molecule has 0 radical (unpaired) electrons. The lowest BCUT2D eigenvalue weighted by Gasteiger charge is -2.02. The van der Waals surface area contributed by atoms with Crippen molar-refractivity contribution in [2.24, 2.45) is 12.8 Å². The van der Waals surface area contributed by atoms with Crippen LogP contribution in [-0.2, 0) is 19.3 Å². The molecule has 0 spiro atoms. The Labute approximate surface area is 122 Å². The van der Waals surface area contributed by atoms with Crippen molar-refractivity contribution in [2.45, 2.75) is 17.5 Å². The quantitative estimate of drug-likeness (QED) is 0.711. The summed E-state index contributed by atoms with van der Waals surface area (Å²) in [4.78, 5) is 17.0. The summed E-state index contributed by atoms with van der Waals surface area (Å²) in [7, 11) is 1.87. The minimum atomic E-state index is -0.0625. The highest BCUT2D eigenvalue weighted by atomic mass is 32.2. The molecule has 3 rings (SSSR count). The highest BCUT2D eigenvalue weighted by Gasteiger charge is 2.09. The van der Waals surface area contributed by atoms with Crippen molar-refractivity contribution in [1.29, 1.82) is 0 Å². The Balaban J connectivity index is 1.82. The van der Waals surface area contributed by atoms with Gasteiger partial charge in [0.2, 0.25) is 0 Å². The van der Waals surface area contributed by atoms with Crippen molar-refractivity contribution in [3.8, 4) is 0 Å². The van der Waals surface area contributed by atoms with Gasteiger partial charge >= 0.3 is 0 Å². The van der Waals surface area contributed by atoms with Crippen molar-refractivity contribution >= 4 is 28.1 Å². The van der Waals surface area contributed by atoms with Gasteiger partial charge in [-0.25, -0.2) is 4.98 Å². The van der Waals surface area contributed by atoms with Gasteiger partial charge in [0.25, 0.3) is 5.56 Å². The first-order valence-corrected chi connectivity index (χ1v) is 7.72. The fourth-order valence-corrected chi connectivity index (χ4v) is 3.31. The molecule has 9 heteroatoms. The van der Waals surface area contributed by atoms with Crippen molar-refractivity contribution in [3.05, 3.63) is 39.5 Å². The Kier molecular flexibility index (Phi) is 3.55. The molecule has 3 aromatic heterocycles. The fourth-order valence-electron chi connectivity index (χ4n) is 1.75. The molecule has 3 heterocycles. The molecule has 0 amide bonds. The maximum absolute atomic E-state index is 11.9. The van der Waals surface area contributed by atoms with Gasteiger partial charge in [-0.05, 0) is 0 Å². The van der Waals surface area contributed by atoms with Gasteiger partial charge < -0.3 is 10.3 Å². The number of hydrogen-bond donors (Lipinski definition) is 1. The van der Waals surface area contributed by atoms with Crippen LogP contribution in [0.3, 0.4) is 0 Å². The van der Waals surface area contributed by atoms with Gasteiger partial charge in [0.05, 0.1) is 12.2 Å². The lowest BCUT2D eigenvalue weighted by atomic mass is 10.4. The first-order valence-electron chi connectivity index (χ1n) is 5.86. The molecule has 0 saturated carbocycles. The SMILES string of the molecule is Cn1c(CN)nnc1SCc1cc(=O)n2ccsc2n1. The number of thioether (sulfide) groups is 1. The average molecular weight is 308 g/mol. The molecule has 0 saturated heterocycles. The second kappa shape index (κ2) is 5.35. The zero-order valence-corrected chi connectivity index (χ0v) is 12.3. The third-order valence-electron chi connectivity index (χ3n) is 2.81. The summed E-state index contributed by atoms with van der Waals surface area (Å²) in [5.41, 5.74) is 6.23. The van der Waals surface area contributed by atoms with E-state index in [1.54, 1.807) is 12.3 Å². The molecule has 0 aliphatic carbocycles. The fraction of sp³-hybridized carbons (Fsp3) is 0.273. The Bertz CT molecular complexity index is 805. The van der Waals surface area contributed by atoms with Gasteiger partial charge in [-0.3, -0.25) is 9.20 Å². The largest absolute Gasteiger partial charge is 0.324 e. The van der Waals surface area contributed by atoms with Crippen LogP contribution >= 0.6 is 23.1 Å². The highest BCUT2D eigenvalue weighted by Crippen LogP contribution is 2.20. The van der Waals surface area contributed by atoms with Gasteiger partial charge in [-0.1, -0.05) is 11.8 Å². The summed E-state index contributed by atoms with van der Waals surface area (Å²) in [6, 6.07) is 1.55. The van der Waals surface area contributed by atoms with Crippen molar-refractivity contribution in [2.75, 3.05) is 0 Å². The Morgan fingerprint density at radius 3 is 3.05 bits per heavy atom. The summed E-state index contributed by atoms with van der Waals surface area (Å²) < 4.78 is 3.38. The maximum Gasteiger partial charge on any atom is 0.258 e. The second-order valence-electron chi connectivity index (χ2n) is 4.09. The van der Waals surface area contributed by atoms with Crippen LogP contribution < -0.4 is 11.3 Å². The van der Waals surface area contributed by atoms with Gasteiger partial charge in [-0.2, -0.15) is 0 Å². The van der Waals surface area contributed by atoms with Crippen molar-refractivity contribution in [3.63, 3.8) is 0 Å². The zero-order chi connectivity index (χ0) is 14.1. The number of nitrogens with two attached hydrogens (primary N) is 1. The predicted molar refractivity (Wildman–Crippen MR) is 77.8 cm³/mol. The van der Waals surface area contributed by atoms with E-state index in [0.29, 0.717) is 17.3 Å². The van der Waals surface area contributed by atoms with Crippen LogP contribution in [0.1, 0.15) is 11.5 Å². The molecule has 20 heavy (non-hydrogen) atoms. The second-order valence-corrected chi connectivity index (χ2v) is 5.91. The molecule has 0 aliphatic rings. The topological polar surface area (TPSA) is 91.1 Å². The first-order chi connectivity index (χ1) is 9.69. The summed E-state index contributed by atoms with van der Waals surface area (Å²) in [5.74, 6) is 1.30. The standard InChI is InChI=1S/C11H12N6OS2/c1-16-8(5-12)14-15-11(16)20-6-7-4-9(18)17-2-3-19-10(17)13-7/h2-4H,5-6,12H2,1H3. The first kappa shape index (κ1) is 13.3. The van der Waals surface area contributed by atoms with Crippen LogP contribution in [0.15, 0.2) is 27.6 Å². The zero-order valence-electron chi connectivity index (χ0n) is 10.7. The molecule has 7 nitrogen and oxygen atoms in total. The minimum Gasteiger partial charge on any atom is -0.324 e. The third-order valence-corrected chi connectivity index (χ3v) is 4.62. The smallest absolute Gasteiger partial charge is 0.258 e. The summed E-state index contributed by atoms with van der Waals surface area (Å²) in [5, 5.41) is 10.7. The van der Waals surface area contributed by atoms with E-state index < -0.39 is 0 Å². The number of thiazole rings is 1. The van der Waals surface area contributed by atoms with E-state index in [-0.39, 0.29) is 5.56 Å². The van der Waals surface area contributed by atoms with Gasteiger partial charge in [-0.15, -0.1) is 21.5 Å². The number of fused-ring (bicyclic) bond motifs is 1. The Morgan fingerprint density at radius 1 is 1.45 bits per heavy atom. The van der Waals surface area contributed by atoms with E-state index >= 15 is 0 Å². The molecular weight excluding hydrogens is 296 g/mol. The molecule has 3 aromatic rings. The molecule has 0 fully saturated rings. The summed E-state index contributed by atoms with van der Waals surface area (Å²) in [6.07, 6.45) is 1.72. The van der Waals surface area contributed by atoms with E-state index in [2.05, 4.69) is 15.2 Å². The van der Waals surface area contributed by atoms with E-state index in [4.69, 9.17) is 5.73 Å². The Hall–Kier alpha value is -1.71. The normalized spacial score (nSPS) is 11.3. The average Bonchev–Trinajstić information content (AvgIpc) is 3.03. The van der Waals surface area contributed by atoms with Crippen LogP contribution in [0.25, 0.3) is 4.96 Å². The number of rotatable bonds is 4. The minimum absolute atomic E-state index is 0.0625. The van der Waals surface area contributed by atoms with Crippen LogP contribution in [0.2, 0.25) is 0 Å². The predicted octanol–water partition coefficient (Wildman–Crippen LogP) is 0.635.